The number of rotatable bonds is 3. The van der Waals surface area contributed by atoms with Crippen molar-refractivity contribution in [3.05, 3.63) is 0 Å². The third-order valence-corrected chi connectivity index (χ3v) is 2.25. The standard InChI is InChI=1S/C8H18N2O/c1-9-8(6-10(2)3)4-5-11-7-8/h9H,4-7H2,1-3H3. The van der Waals surface area contributed by atoms with Gasteiger partial charge < -0.3 is 15.0 Å². The fourth-order valence-electron chi connectivity index (χ4n) is 1.61. The second-order valence-electron chi connectivity index (χ2n) is 3.57. The molecule has 11 heavy (non-hydrogen) atoms. The fourth-order valence-corrected chi connectivity index (χ4v) is 1.61. The van der Waals surface area contributed by atoms with E-state index in [4.69, 9.17) is 4.74 Å². The second kappa shape index (κ2) is 3.52. The summed E-state index contributed by atoms with van der Waals surface area (Å²) in [6.07, 6.45) is 1.13. The van der Waals surface area contributed by atoms with Gasteiger partial charge in [0.15, 0.2) is 0 Å². The first-order valence-electron chi connectivity index (χ1n) is 4.10. The number of hydrogen-bond acceptors (Lipinski definition) is 3. The van der Waals surface area contributed by atoms with E-state index in [0.717, 1.165) is 26.2 Å². The van der Waals surface area contributed by atoms with Gasteiger partial charge in [0.25, 0.3) is 0 Å². The zero-order valence-corrected chi connectivity index (χ0v) is 7.68. The lowest BCUT2D eigenvalue weighted by molar-refractivity contribution is 0.154. The molecule has 0 spiro atoms. The minimum atomic E-state index is 0.212. The third kappa shape index (κ3) is 2.15. The Morgan fingerprint density at radius 3 is 2.64 bits per heavy atom. The molecule has 1 aliphatic heterocycles. The van der Waals surface area contributed by atoms with E-state index in [1.54, 1.807) is 0 Å². The molecule has 0 bridgehead atoms. The average Bonchev–Trinajstić information content (AvgIpc) is 2.36. The molecule has 1 N–H and O–H groups in total. The SMILES string of the molecule is CNC1(CN(C)C)CCOC1. The summed E-state index contributed by atoms with van der Waals surface area (Å²) in [6, 6.07) is 0. The predicted octanol–water partition coefficient (Wildman–Crippen LogP) is -0.0735. The lowest BCUT2D eigenvalue weighted by Gasteiger charge is -2.29. The van der Waals surface area contributed by atoms with Crippen LogP contribution in [0.3, 0.4) is 0 Å². The first-order valence-corrected chi connectivity index (χ1v) is 4.10. The van der Waals surface area contributed by atoms with E-state index in [1.165, 1.54) is 0 Å². The molecule has 1 atom stereocenters. The summed E-state index contributed by atoms with van der Waals surface area (Å²) in [4.78, 5) is 2.20. The van der Waals surface area contributed by atoms with Gasteiger partial charge in [0.2, 0.25) is 0 Å². The molecule has 0 aromatic rings. The van der Waals surface area contributed by atoms with Gasteiger partial charge in [-0.05, 0) is 27.6 Å². The molecule has 0 aliphatic carbocycles. The summed E-state index contributed by atoms with van der Waals surface area (Å²) < 4.78 is 5.36. The number of nitrogens with one attached hydrogen (secondary N) is 1. The van der Waals surface area contributed by atoms with Gasteiger partial charge in [-0.2, -0.15) is 0 Å². The van der Waals surface area contributed by atoms with Crippen LogP contribution in [0.15, 0.2) is 0 Å². The lowest BCUT2D eigenvalue weighted by atomic mass is 9.99. The van der Waals surface area contributed by atoms with Crippen molar-refractivity contribution in [2.24, 2.45) is 0 Å². The maximum absolute atomic E-state index is 5.36. The molecule has 0 amide bonds. The van der Waals surface area contributed by atoms with Crippen LogP contribution >= 0.6 is 0 Å². The predicted molar refractivity (Wildman–Crippen MR) is 45.8 cm³/mol. The second-order valence-corrected chi connectivity index (χ2v) is 3.57. The average molecular weight is 158 g/mol. The van der Waals surface area contributed by atoms with Crippen LogP contribution in [0.5, 0.6) is 0 Å². The van der Waals surface area contributed by atoms with Crippen LogP contribution in [0, 0.1) is 0 Å². The summed E-state index contributed by atoms with van der Waals surface area (Å²) in [5.41, 5.74) is 0.212. The van der Waals surface area contributed by atoms with Gasteiger partial charge >= 0.3 is 0 Å². The quantitative estimate of drug-likeness (QED) is 0.622. The Labute approximate surface area is 68.7 Å². The maximum Gasteiger partial charge on any atom is 0.0661 e. The number of ether oxygens (including phenoxy) is 1. The van der Waals surface area contributed by atoms with E-state index in [2.05, 4.69) is 24.3 Å². The normalized spacial score (nSPS) is 31.6. The number of nitrogens with zero attached hydrogens (tertiary/aromatic N) is 1. The van der Waals surface area contributed by atoms with Crippen molar-refractivity contribution in [3.8, 4) is 0 Å². The van der Waals surface area contributed by atoms with E-state index in [0.29, 0.717) is 0 Å². The van der Waals surface area contributed by atoms with Gasteiger partial charge in [-0.15, -0.1) is 0 Å². The molecule has 66 valence electrons. The van der Waals surface area contributed by atoms with E-state index in [9.17, 15) is 0 Å². The molecule has 1 aliphatic rings. The Morgan fingerprint density at radius 1 is 1.55 bits per heavy atom. The van der Waals surface area contributed by atoms with Crippen LogP contribution < -0.4 is 5.32 Å². The van der Waals surface area contributed by atoms with Crippen molar-refractivity contribution < 1.29 is 4.74 Å². The van der Waals surface area contributed by atoms with E-state index < -0.39 is 0 Å². The summed E-state index contributed by atoms with van der Waals surface area (Å²) in [6.45, 7) is 2.81. The number of likely N-dealkylation sites (N-methyl/N-ethyl adjacent to an activating group) is 2. The maximum atomic E-state index is 5.36. The largest absolute Gasteiger partial charge is 0.379 e. The smallest absolute Gasteiger partial charge is 0.0661 e. The van der Waals surface area contributed by atoms with Gasteiger partial charge in [-0.3, -0.25) is 0 Å². The highest BCUT2D eigenvalue weighted by Crippen LogP contribution is 2.18. The van der Waals surface area contributed by atoms with Crippen LogP contribution in [-0.2, 0) is 4.74 Å². The molecule has 1 unspecified atom stereocenters. The van der Waals surface area contributed by atoms with Gasteiger partial charge in [-0.1, -0.05) is 0 Å². The zero-order chi connectivity index (χ0) is 8.32. The minimum absolute atomic E-state index is 0.212. The molecule has 1 rings (SSSR count). The first-order chi connectivity index (χ1) is 5.18. The lowest BCUT2D eigenvalue weighted by Crippen LogP contribution is -2.51. The van der Waals surface area contributed by atoms with Crippen LogP contribution in [-0.4, -0.2) is 51.3 Å². The zero-order valence-electron chi connectivity index (χ0n) is 7.68. The first kappa shape index (κ1) is 8.97. The monoisotopic (exact) mass is 158 g/mol. The summed E-state index contributed by atoms with van der Waals surface area (Å²) in [5, 5.41) is 3.34. The topological polar surface area (TPSA) is 24.5 Å². The van der Waals surface area contributed by atoms with E-state index in [1.807, 2.05) is 7.05 Å². The van der Waals surface area contributed by atoms with Crippen molar-refractivity contribution in [2.45, 2.75) is 12.0 Å². The van der Waals surface area contributed by atoms with Gasteiger partial charge in [0.1, 0.15) is 0 Å². The highest BCUT2D eigenvalue weighted by molar-refractivity contribution is 4.92. The number of hydrogen-bond donors (Lipinski definition) is 1. The molecule has 1 fully saturated rings. The molecule has 3 nitrogen and oxygen atoms in total. The van der Waals surface area contributed by atoms with Crippen LogP contribution in [0.2, 0.25) is 0 Å². The molecule has 3 heteroatoms. The Balaban J connectivity index is 2.45. The van der Waals surface area contributed by atoms with Crippen LogP contribution in [0.25, 0.3) is 0 Å². The van der Waals surface area contributed by atoms with Crippen molar-refractivity contribution in [2.75, 3.05) is 40.9 Å². The summed E-state index contributed by atoms with van der Waals surface area (Å²) in [5.74, 6) is 0. The Morgan fingerprint density at radius 2 is 2.27 bits per heavy atom. The van der Waals surface area contributed by atoms with Gasteiger partial charge in [0.05, 0.1) is 12.1 Å². The van der Waals surface area contributed by atoms with Gasteiger partial charge in [0, 0.05) is 13.2 Å². The van der Waals surface area contributed by atoms with E-state index in [-0.39, 0.29) is 5.54 Å². The molecule has 0 saturated carbocycles. The van der Waals surface area contributed by atoms with Crippen molar-refractivity contribution >= 4 is 0 Å². The van der Waals surface area contributed by atoms with Crippen molar-refractivity contribution in [1.29, 1.82) is 0 Å². The van der Waals surface area contributed by atoms with Crippen molar-refractivity contribution in [3.63, 3.8) is 0 Å². The third-order valence-electron chi connectivity index (χ3n) is 2.25. The highest BCUT2D eigenvalue weighted by Gasteiger charge is 2.33. The molecular weight excluding hydrogens is 140 g/mol. The molecule has 1 heterocycles. The Kier molecular flexibility index (Phi) is 2.87. The molecule has 1 saturated heterocycles. The van der Waals surface area contributed by atoms with Gasteiger partial charge in [-0.25, -0.2) is 0 Å². The molecular formula is C8H18N2O. The minimum Gasteiger partial charge on any atom is -0.379 e. The fraction of sp³-hybridized carbons (Fsp3) is 1.00. The highest BCUT2D eigenvalue weighted by atomic mass is 16.5. The summed E-state index contributed by atoms with van der Waals surface area (Å²) in [7, 11) is 6.20. The molecule has 0 aromatic carbocycles. The molecule has 0 aromatic heterocycles. The Bertz CT molecular complexity index is 119. The van der Waals surface area contributed by atoms with Crippen molar-refractivity contribution in [1.82, 2.24) is 10.2 Å². The summed E-state index contributed by atoms with van der Waals surface area (Å²) >= 11 is 0. The van der Waals surface area contributed by atoms with Crippen LogP contribution in [0.1, 0.15) is 6.42 Å². The molecule has 0 radical (unpaired) electrons. The van der Waals surface area contributed by atoms with Crippen LogP contribution in [0.4, 0.5) is 0 Å². The van der Waals surface area contributed by atoms with E-state index >= 15 is 0 Å². The Hall–Kier alpha value is -0.120.